The summed E-state index contributed by atoms with van der Waals surface area (Å²) in [5.41, 5.74) is 0. The predicted molar refractivity (Wildman–Crippen MR) is 87.7 cm³/mol. The minimum Gasteiger partial charge on any atom is -0.383 e. The summed E-state index contributed by atoms with van der Waals surface area (Å²) in [6.07, 6.45) is 0. The molecule has 0 spiro atoms. The third kappa shape index (κ3) is 4.27. The number of carbonyl (C=O) groups is 1. The largest absolute Gasteiger partial charge is 0.383 e. The van der Waals surface area contributed by atoms with Crippen LogP contribution in [-0.2, 0) is 9.53 Å². The van der Waals surface area contributed by atoms with Crippen molar-refractivity contribution >= 4 is 27.3 Å². The second-order valence-corrected chi connectivity index (χ2v) is 6.20. The van der Waals surface area contributed by atoms with E-state index in [4.69, 9.17) is 4.74 Å². The Morgan fingerprint density at radius 1 is 1.33 bits per heavy atom. The lowest BCUT2D eigenvalue weighted by Gasteiger charge is -2.18. The van der Waals surface area contributed by atoms with Crippen LogP contribution in [0, 0.1) is 0 Å². The van der Waals surface area contributed by atoms with Gasteiger partial charge in [-0.2, -0.15) is 0 Å². The fourth-order valence-corrected chi connectivity index (χ4v) is 3.25. The molecule has 2 aromatic rings. The number of hydrogen-bond acceptors (Lipinski definition) is 4. The standard InChI is InChI=1S/C16H22N2O2S/c1-11(18-12(2)16(19)17-8-9-20-3)15-10-13-6-4-5-7-14(13)21-15/h4-7,10-12,18H,8-9H2,1-3H3,(H,17,19). The van der Waals surface area contributed by atoms with Crippen LogP contribution < -0.4 is 10.6 Å². The van der Waals surface area contributed by atoms with Crippen molar-refractivity contribution in [3.8, 4) is 0 Å². The maximum absolute atomic E-state index is 11.9. The van der Waals surface area contributed by atoms with Crippen LogP contribution in [0.3, 0.4) is 0 Å². The van der Waals surface area contributed by atoms with E-state index >= 15 is 0 Å². The van der Waals surface area contributed by atoms with Gasteiger partial charge in [0.15, 0.2) is 0 Å². The highest BCUT2D eigenvalue weighted by Gasteiger charge is 2.17. The maximum atomic E-state index is 11.9. The molecule has 4 nitrogen and oxygen atoms in total. The topological polar surface area (TPSA) is 50.4 Å². The Kier molecular flexibility index (Phi) is 5.73. The molecule has 1 aromatic heterocycles. The maximum Gasteiger partial charge on any atom is 0.236 e. The molecular formula is C16H22N2O2S. The zero-order valence-corrected chi connectivity index (χ0v) is 13.5. The van der Waals surface area contributed by atoms with Crippen molar-refractivity contribution < 1.29 is 9.53 Å². The number of hydrogen-bond donors (Lipinski definition) is 2. The smallest absolute Gasteiger partial charge is 0.236 e. The lowest BCUT2D eigenvalue weighted by atomic mass is 10.2. The van der Waals surface area contributed by atoms with E-state index in [9.17, 15) is 4.79 Å². The van der Waals surface area contributed by atoms with E-state index in [1.165, 1.54) is 15.0 Å². The molecule has 5 heteroatoms. The van der Waals surface area contributed by atoms with Gasteiger partial charge in [0.2, 0.25) is 5.91 Å². The van der Waals surface area contributed by atoms with Gasteiger partial charge in [0.25, 0.3) is 0 Å². The predicted octanol–water partition coefficient (Wildman–Crippen LogP) is 2.70. The summed E-state index contributed by atoms with van der Waals surface area (Å²) in [6, 6.07) is 10.4. The highest BCUT2D eigenvalue weighted by Crippen LogP contribution is 2.29. The highest BCUT2D eigenvalue weighted by atomic mass is 32.1. The van der Waals surface area contributed by atoms with Gasteiger partial charge in [0.1, 0.15) is 0 Å². The molecule has 2 N–H and O–H groups in total. The molecule has 0 aliphatic carbocycles. The molecule has 0 radical (unpaired) electrons. The van der Waals surface area contributed by atoms with E-state index in [0.717, 1.165) is 0 Å². The number of carbonyl (C=O) groups excluding carboxylic acids is 1. The minimum absolute atomic E-state index is 0.0000103. The number of methoxy groups -OCH3 is 1. The molecule has 1 heterocycles. The first kappa shape index (κ1) is 15.9. The number of rotatable bonds is 7. The summed E-state index contributed by atoms with van der Waals surface area (Å²) < 4.78 is 6.20. The van der Waals surface area contributed by atoms with Crippen LogP contribution in [0.4, 0.5) is 0 Å². The molecule has 2 atom stereocenters. The molecule has 21 heavy (non-hydrogen) atoms. The van der Waals surface area contributed by atoms with Crippen molar-refractivity contribution in [3.63, 3.8) is 0 Å². The van der Waals surface area contributed by atoms with Gasteiger partial charge in [-0.1, -0.05) is 18.2 Å². The fraction of sp³-hybridized carbons (Fsp3) is 0.438. The van der Waals surface area contributed by atoms with Gasteiger partial charge in [-0.15, -0.1) is 11.3 Å². The Morgan fingerprint density at radius 3 is 2.81 bits per heavy atom. The van der Waals surface area contributed by atoms with Gasteiger partial charge in [-0.3, -0.25) is 10.1 Å². The van der Waals surface area contributed by atoms with Gasteiger partial charge in [0.05, 0.1) is 12.6 Å². The second kappa shape index (κ2) is 7.54. The normalized spacial score (nSPS) is 14.0. The summed E-state index contributed by atoms with van der Waals surface area (Å²) >= 11 is 1.77. The Balaban J connectivity index is 1.93. The summed E-state index contributed by atoms with van der Waals surface area (Å²) in [4.78, 5) is 13.2. The van der Waals surface area contributed by atoms with Crippen molar-refractivity contribution in [2.45, 2.75) is 25.9 Å². The first-order valence-corrected chi connectivity index (χ1v) is 7.94. The Morgan fingerprint density at radius 2 is 2.10 bits per heavy atom. The first-order valence-electron chi connectivity index (χ1n) is 7.13. The van der Waals surface area contributed by atoms with E-state index < -0.39 is 0 Å². The Bertz CT molecular complexity index is 564. The fourth-order valence-electron chi connectivity index (χ4n) is 2.18. The molecule has 1 aromatic carbocycles. The van der Waals surface area contributed by atoms with Crippen LogP contribution in [-0.4, -0.2) is 32.2 Å². The number of benzene rings is 1. The average molecular weight is 306 g/mol. The number of fused-ring (bicyclic) bond motifs is 1. The van der Waals surface area contributed by atoms with Gasteiger partial charge in [-0.25, -0.2) is 0 Å². The van der Waals surface area contributed by atoms with E-state index in [0.29, 0.717) is 13.2 Å². The molecule has 0 fully saturated rings. The van der Waals surface area contributed by atoms with Crippen LogP contribution in [0.2, 0.25) is 0 Å². The zero-order valence-electron chi connectivity index (χ0n) is 12.7. The molecule has 0 bridgehead atoms. The summed E-state index contributed by atoms with van der Waals surface area (Å²) in [7, 11) is 1.62. The molecule has 0 aliphatic heterocycles. The average Bonchev–Trinajstić information content (AvgIpc) is 2.91. The summed E-state index contributed by atoms with van der Waals surface area (Å²) in [5, 5.41) is 7.44. The zero-order chi connectivity index (χ0) is 15.2. The monoisotopic (exact) mass is 306 g/mol. The van der Waals surface area contributed by atoms with E-state index in [1.54, 1.807) is 18.4 Å². The third-order valence-corrected chi connectivity index (χ3v) is 4.67. The van der Waals surface area contributed by atoms with Crippen molar-refractivity contribution in [1.82, 2.24) is 10.6 Å². The molecule has 114 valence electrons. The van der Waals surface area contributed by atoms with Crippen LogP contribution in [0.1, 0.15) is 24.8 Å². The van der Waals surface area contributed by atoms with Crippen molar-refractivity contribution in [1.29, 1.82) is 0 Å². The molecule has 0 saturated heterocycles. The lowest BCUT2D eigenvalue weighted by Crippen LogP contribution is -2.43. The van der Waals surface area contributed by atoms with Gasteiger partial charge < -0.3 is 10.1 Å². The molecule has 0 aliphatic rings. The molecule has 2 rings (SSSR count). The SMILES string of the molecule is COCCNC(=O)C(C)NC(C)c1cc2ccccc2s1. The van der Waals surface area contributed by atoms with Crippen LogP contribution >= 0.6 is 11.3 Å². The molecule has 1 amide bonds. The van der Waals surface area contributed by atoms with Gasteiger partial charge in [-0.05, 0) is 31.4 Å². The minimum atomic E-state index is -0.234. The van der Waals surface area contributed by atoms with Crippen molar-refractivity contribution in [2.75, 3.05) is 20.3 Å². The van der Waals surface area contributed by atoms with Crippen LogP contribution in [0.5, 0.6) is 0 Å². The number of nitrogens with one attached hydrogen (secondary N) is 2. The summed E-state index contributed by atoms with van der Waals surface area (Å²) in [5.74, 6) is 0.0000103. The van der Waals surface area contributed by atoms with Gasteiger partial charge in [0, 0.05) is 29.3 Å². The number of ether oxygens (including phenoxy) is 1. The molecule has 0 saturated carbocycles. The third-order valence-electron chi connectivity index (χ3n) is 3.37. The van der Waals surface area contributed by atoms with E-state index in [2.05, 4.69) is 35.8 Å². The quantitative estimate of drug-likeness (QED) is 0.773. The number of thiophene rings is 1. The van der Waals surface area contributed by atoms with Crippen LogP contribution in [0.15, 0.2) is 30.3 Å². The van der Waals surface area contributed by atoms with Gasteiger partial charge >= 0.3 is 0 Å². The molecular weight excluding hydrogens is 284 g/mol. The van der Waals surface area contributed by atoms with E-state index in [-0.39, 0.29) is 18.0 Å². The number of amides is 1. The van der Waals surface area contributed by atoms with Crippen molar-refractivity contribution in [2.24, 2.45) is 0 Å². The molecule has 2 unspecified atom stereocenters. The first-order chi connectivity index (χ1) is 10.1. The lowest BCUT2D eigenvalue weighted by molar-refractivity contribution is -0.123. The van der Waals surface area contributed by atoms with E-state index in [1.807, 2.05) is 19.1 Å². The second-order valence-electron chi connectivity index (χ2n) is 5.08. The summed E-state index contributed by atoms with van der Waals surface area (Å²) in [6.45, 7) is 5.04. The van der Waals surface area contributed by atoms with Crippen molar-refractivity contribution in [3.05, 3.63) is 35.2 Å². The highest BCUT2D eigenvalue weighted by molar-refractivity contribution is 7.19. The Hall–Kier alpha value is -1.43. The Labute approximate surface area is 129 Å². The van der Waals surface area contributed by atoms with Crippen LogP contribution in [0.25, 0.3) is 10.1 Å².